The Balaban J connectivity index is 2.16. The molecule has 22 heavy (non-hydrogen) atoms. The van der Waals surface area contributed by atoms with Crippen LogP contribution in [0.2, 0.25) is 0 Å². The molecule has 0 aromatic heterocycles. The Labute approximate surface area is 136 Å². The number of rotatable bonds is 8. The van der Waals surface area contributed by atoms with E-state index in [1.54, 1.807) is 4.90 Å². The van der Waals surface area contributed by atoms with Crippen molar-refractivity contribution in [2.24, 2.45) is 0 Å². The monoisotopic (exact) mass is 313 g/mol. The largest absolute Gasteiger partial charge is 0.444 e. The lowest BCUT2D eigenvalue weighted by molar-refractivity contribution is 0.0258. The maximum atomic E-state index is 12.0. The molecular formula is C17H35N3O2. The molecule has 1 aliphatic rings. The van der Waals surface area contributed by atoms with Gasteiger partial charge in [-0.3, -0.25) is 0 Å². The molecule has 0 radical (unpaired) electrons. The summed E-state index contributed by atoms with van der Waals surface area (Å²) in [6, 6.07) is 1.20. The van der Waals surface area contributed by atoms with Crippen LogP contribution in [0.4, 0.5) is 4.79 Å². The van der Waals surface area contributed by atoms with E-state index in [-0.39, 0.29) is 6.09 Å². The summed E-state index contributed by atoms with van der Waals surface area (Å²) in [7, 11) is 0. The van der Waals surface area contributed by atoms with Crippen molar-refractivity contribution in [1.29, 1.82) is 0 Å². The fraction of sp³-hybridized carbons (Fsp3) is 0.941. The number of ether oxygens (including phenoxy) is 1. The highest BCUT2D eigenvalue weighted by molar-refractivity contribution is 5.68. The van der Waals surface area contributed by atoms with Gasteiger partial charge in [0.2, 0.25) is 0 Å². The van der Waals surface area contributed by atoms with Gasteiger partial charge in [-0.15, -0.1) is 0 Å². The Morgan fingerprint density at radius 1 is 1.45 bits per heavy atom. The van der Waals surface area contributed by atoms with Crippen molar-refractivity contribution in [3.8, 4) is 0 Å². The zero-order valence-electron chi connectivity index (χ0n) is 15.1. The number of carbonyl (C=O) groups excluding carboxylic acids is 1. The van der Waals surface area contributed by atoms with E-state index in [4.69, 9.17) is 4.74 Å². The first-order valence-corrected chi connectivity index (χ1v) is 8.76. The molecule has 2 atom stereocenters. The third kappa shape index (κ3) is 7.99. The topological polar surface area (TPSA) is 53.6 Å². The van der Waals surface area contributed by atoms with Crippen LogP contribution in [0.25, 0.3) is 0 Å². The Bertz CT molecular complexity index is 322. The Hall–Kier alpha value is -0.810. The van der Waals surface area contributed by atoms with E-state index in [2.05, 4.69) is 17.6 Å². The molecule has 0 aliphatic carbocycles. The van der Waals surface area contributed by atoms with Gasteiger partial charge >= 0.3 is 6.09 Å². The van der Waals surface area contributed by atoms with Crippen molar-refractivity contribution in [3.63, 3.8) is 0 Å². The Morgan fingerprint density at radius 3 is 2.73 bits per heavy atom. The third-order valence-electron chi connectivity index (χ3n) is 3.93. The molecule has 2 unspecified atom stereocenters. The SMILES string of the molecule is CCN(CCCNC(C)CC1CCCN1)C(=O)OC(C)(C)C. The van der Waals surface area contributed by atoms with Crippen molar-refractivity contribution in [3.05, 3.63) is 0 Å². The second kappa shape index (κ2) is 9.36. The van der Waals surface area contributed by atoms with Crippen molar-refractivity contribution in [2.45, 2.75) is 78.0 Å². The second-order valence-corrected chi connectivity index (χ2v) is 7.30. The van der Waals surface area contributed by atoms with E-state index in [1.165, 1.54) is 25.8 Å². The number of hydrogen-bond donors (Lipinski definition) is 2. The number of hydrogen-bond acceptors (Lipinski definition) is 4. The first-order chi connectivity index (χ1) is 10.3. The van der Waals surface area contributed by atoms with Gasteiger partial charge in [0.05, 0.1) is 0 Å². The molecule has 1 saturated heterocycles. The molecular weight excluding hydrogens is 278 g/mol. The van der Waals surface area contributed by atoms with E-state index in [9.17, 15) is 4.79 Å². The molecule has 0 spiro atoms. The molecule has 1 amide bonds. The maximum Gasteiger partial charge on any atom is 0.410 e. The third-order valence-corrected chi connectivity index (χ3v) is 3.93. The van der Waals surface area contributed by atoms with Crippen LogP contribution in [-0.2, 0) is 4.74 Å². The van der Waals surface area contributed by atoms with Gasteiger partial charge in [-0.25, -0.2) is 4.79 Å². The summed E-state index contributed by atoms with van der Waals surface area (Å²) < 4.78 is 5.42. The van der Waals surface area contributed by atoms with E-state index in [0.717, 1.165) is 19.5 Å². The van der Waals surface area contributed by atoms with Crippen molar-refractivity contribution < 1.29 is 9.53 Å². The number of nitrogens with zero attached hydrogens (tertiary/aromatic N) is 1. The van der Waals surface area contributed by atoms with Gasteiger partial charge in [-0.05, 0) is 73.4 Å². The van der Waals surface area contributed by atoms with Gasteiger partial charge < -0.3 is 20.3 Å². The summed E-state index contributed by atoms with van der Waals surface area (Å²) in [5.41, 5.74) is -0.425. The number of amides is 1. The van der Waals surface area contributed by atoms with Crippen LogP contribution in [0.3, 0.4) is 0 Å². The summed E-state index contributed by atoms with van der Waals surface area (Å²) in [6.45, 7) is 13.5. The molecule has 2 N–H and O–H groups in total. The van der Waals surface area contributed by atoms with Gasteiger partial charge in [-0.2, -0.15) is 0 Å². The summed E-state index contributed by atoms with van der Waals surface area (Å²) in [5, 5.41) is 7.09. The lowest BCUT2D eigenvalue weighted by Gasteiger charge is -2.26. The van der Waals surface area contributed by atoms with Gasteiger partial charge in [-0.1, -0.05) is 0 Å². The fourth-order valence-electron chi connectivity index (χ4n) is 2.79. The van der Waals surface area contributed by atoms with E-state index >= 15 is 0 Å². The minimum Gasteiger partial charge on any atom is -0.444 e. The normalized spacial score (nSPS) is 20.0. The fourth-order valence-corrected chi connectivity index (χ4v) is 2.79. The molecule has 0 aromatic rings. The van der Waals surface area contributed by atoms with Crippen LogP contribution in [-0.4, -0.2) is 54.9 Å². The molecule has 1 fully saturated rings. The lowest BCUT2D eigenvalue weighted by atomic mass is 10.1. The van der Waals surface area contributed by atoms with E-state index in [0.29, 0.717) is 18.6 Å². The van der Waals surface area contributed by atoms with Crippen molar-refractivity contribution in [2.75, 3.05) is 26.2 Å². The molecule has 0 aromatic carbocycles. The highest BCUT2D eigenvalue weighted by Crippen LogP contribution is 2.11. The van der Waals surface area contributed by atoms with Crippen LogP contribution in [0, 0.1) is 0 Å². The maximum absolute atomic E-state index is 12.0. The average Bonchev–Trinajstić information content (AvgIpc) is 2.89. The first-order valence-electron chi connectivity index (χ1n) is 8.76. The number of nitrogens with one attached hydrogen (secondary N) is 2. The molecule has 1 heterocycles. The zero-order valence-corrected chi connectivity index (χ0v) is 15.1. The first kappa shape index (κ1) is 19.2. The minimum absolute atomic E-state index is 0.210. The highest BCUT2D eigenvalue weighted by Gasteiger charge is 2.21. The van der Waals surface area contributed by atoms with Crippen LogP contribution in [0.15, 0.2) is 0 Å². The molecule has 0 bridgehead atoms. The van der Waals surface area contributed by atoms with Gasteiger partial charge in [0, 0.05) is 25.2 Å². The van der Waals surface area contributed by atoms with Crippen molar-refractivity contribution >= 4 is 6.09 Å². The van der Waals surface area contributed by atoms with Crippen LogP contribution in [0.5, 0.6) is 0 Å². The predicted molar refractivity (Wildman–Crippen MR) is 91.2 cm³/mol. The highest BCUT2D eigenvalue weighted by atomic mass is 16.6. The van der Waals surface area contributed by atoms with Crippen molar-refractivity contribution in [1.82, 2.24) is 15.5 Å². The minimum atomic E-state index is -0.425. The lowest BCUT2D eigenvalue weighted by Crippen LogP contribution is -2.39. The van der Waals surface area contributed by atoms with Gasteiger partial charge in [0.15, 0.2) is 0 Å². The van der Waals surface area contributed by atoms with Crippen LogP contribution in [0.1, 0.15) is 60.3 Å². The Morgan fingerprint density at radius 2 is 2.18 bits per heavy atom. The van der Waals surface area contributed by atoms with E-state index < -0.39 is 5.60 Å². The molecule has 5 nitrogen and oxygen atoms in total. The smallest absolute Gasteiger partial charge is 0.410 e. The van der Waals surface area contributed by atoms with Crippen LogP contribution < -0.4 is 10.6 Å². The van der Waals surface area contributed by atoms with Gasteiger partial charge in [0.1, 0.15) is 5.60 Å². The average molecular weight is 313 g/mol. The molecule has 1 rings (SSSR count). The quantitative estimate of drug-likeness (QED) is 0.677. The summed E-state index contributed by atoms with van der Waals surface area (Å²) in [4.78, 5) is 13.8. The molecule has 5 heteroatoms. The molecule has 0 saturated carbocycles. The Kier molecular flexibility index (Phi) is 8.18. The zero-order chi connectivity index (χ0) is 16.6. The summed E-state index contributed by atoms with van der Waals surface area (Å²) in [5.74, 6) is 0. The molecule has 130 valence electrons. The second-order valence-electron chi connectivity index (χ2n) is 7.30. The summed E-state index contributed by atoms with van der Waals surface area (Å²) in [6.07, 6.45) is 4.53. The standard InChI is InChI=1S/C17H35N3O2/c1-6-20(16(21)22-17(3,4)5)12-8-11-18-14(2)13-15-9-7-10-19-15/h14-15,18-19H,6-13H2,1-5H3. The number of carbonyl (C=O) groups is 1. The predicted octanol–water partition coefficient (Wildman–Crippen LogP) is 2.75. The molecule has 1 aliphatic heterocycles. The van der Waals surface area contributed by atoms with E-state index in [1.807, 2.05) is 27.7 Å². The van der Waals surface area contributed by atoms with Crippen LogP contribution >= 0.6 is 0 Å². The summed E-state index contributed by atoms with van der Waals surface area (Å²) >= 11 is 0. The van der Waals surface area contributed by atoms with Gasteiger partial charge in [0.25, 0.3) is 0 Å².